The third kappa shape index (κ3) is 2.72. The highest BCUT2D eigenvalue weighted by Gasteiger charge is 2.19. The van der Waals surface area contributed by atoms with Crippen molar-refractivity contribution >= 4 is 27.5 Å². The van der Waals surface area contributed by atoms with Crippen molar-refractivity contribution in [2.75, 3.05) is 13.1 Å². The molecule has 1 saturated heterocycles. The molecule has 0 saturated carbocycles. The van der Waals surface area contributed by atoms with Crippen LogP contribution in [-0.4, -0.2) is 33.4 Å². The average Bonchev–Trinajstić information content (AvgIpc) is 2.85. The van der Waals surface area contributed by atoms with Crippen molar-refractivity contribution < 1.29 is 4.79 Å². The van der Waals surface area contributed by atoms with Crippen LogP contribution in [-0.2, 0) is 11.3 Å². The van der Waals surface area contributed by atoms with Gasteiger partial charge in [-0.05, 0) is 39.2 Å². The monoisotopic (exact) mass is 305 g/mol. The standard InChI is InChI=1S/C15H19N3O2S/c1-10-8-12-14(21-10)16-11(2)18(15(12)20)9-13(19)17-6-4-3-5-7-17/h8H,3-7,9H2,1-2H3. The van der Waals surface area contributed by atoms with Crippen molar-refractivity contribution in [1.29, 1.82) is 0 Å². The molecule has 112 valence electrons. The van der Waals surface area contributed by atoms with Crippen LogP contribution >= 0.6 is 11.3 Å². The maximum Gasteiger partial charge on any atom is 0.262 e. The largest absolute Gasteiger partial charge is 0.341 e. The summed E-state index contributed by atoms with van der Waals surface area (Å²) in [6.07, 6.45) is 3.30. The van der Waals surface area contributed by atoms with Gasteiger partial charge in [0.15, 0.2) is 0 Å². The van der Waals surface area contributed by atoms with Crippen molar-refractivity contribution in [2.24, 2.45) is 0 Å². The second-order valence-corrected chi connectivity index (χ2v) is 6.80. The van der Waals surface area contributed by atoms with Crippen molar-refractivity contribution in [3.05, 3.63) is 27.1 Å². The van der Waals surface area contributed by atoms with Crippen molar-refractivity contribution in [3.63, 3.8) is 0 Å². The Bertz CT molecular complexity index is 741. The molecule has 2 aromatic rings. The van der Waals surface area contributed by atoms with E-state index >= 15 is 0 Å². The summed E-state index contributed by atoms with van der Waals surface area (Å²) in [7, 11) is 0. The first-order chi connectivity index (χ1) is 10.1. The summed E-state index contributed by atoms with van der Waals surface area (Å²) in [6, 6.07) is 1.86. The molecule has 0 unspecified atom stereocenters. The number of hydrogen-bond acceptors (Lipinski definition) is 4. The number of amides is 1. The molecule has 3 heterocycles. The minimum absolute atomic E-state index is 0.0213. The topological polar surface area (TPSA) is 55.2 Å². The maximum atomic E-state index is 12.5. The van der Waals surface area contributed by atoms with Crippen LogP contribution in [0.15, 0.2) is 10.9 Å². The van der Waals surface area contributed by atoms with Gasteiger partial charge in [-0.1, -0.05) is 0 Å². The third-order valence-electron chi connectivity index (χ3n) is 3.97. The number of carbonyl (C=O) groups is 1. The van der Waals surface area contributed by atoms with E-state index in [-0.39, 0.29) is 18.0 Å². The van der Waals surface area contributed by atoms with E-state index in [1.807, 2.05) is 17.9 Å². The van der Waals surface area contributed by atoms with Gasteiger partial charge in [-0.15, -0.1) is 11.3 Å². The van der Waals surface area contributed by atoms with Crippen molar-refractivity contribution in [2.45, 2.75) is 39.7 Å². The summed E-state index contributed by atoms with van der Waals surface area (Å²) in [5.41, 5.74) is -0.104. The zero-order valence-corrected chi connectivity index (χ0v) is 13.2. The van der Waals surface area contributed by atoms with Gasteiger partial charge >= 0.3 is 0 Å². The highest BCUT2D eigenvalue weighted by molar-refractivity contribution is 7.18. The van der Waals surface area contributed by atoms with Gasteiger partial charge in [0.1, 0.15) is 17.2 Å². The number of aromatic nitrogens is 2. The number of nitrogens with zero attached hydrogens (tertiary/aromatic N) is 3. The number of rotatable bonds is 2. The molecule has 0 aromatic carbocycles. The predicted molar refractivity (Wildman–Crippen MR) is 83.8 cm³/mol. The van der Waals surface area contributed by atoms with E-state index in [4.69, 9.17) is 0 Å². The Balaban J connectivity index is 1.92. The summed E-state index contributed by atoms with van der Waals surface area (Å²) < 4.78 is 1.51. The molecule has 5 nitrogen and oxygen atoms in total. The number of carbonyl (C=O) groups excluding carboxylic acids is 1. The fourth-order valence-corrected chi connectivity index (χ4v) is 3.72. The van der Waals surface area contributed by atoms with E-state index in [9.17, 15) is 9.59 Å². The van der Waals surface area contributed by atoms with Crippen LogP contribution in [0.4, 0.5) is 0 Å². The number of likely N-dealkylation sites (tertiary alicyclic amines) is 1. The number of thiophene rings is 1. The molecule has 3 rings (SSSR count). The highest BCUT2D eigenvalue weighted by Crippen LogP contribution is 2.20. The SMILES string of the molecule is Cc1cc2c(=O)n(CC(=O)N3CCCCC3)c(C)nc2s1. The van der Waals surface area contributed by atoms with Gasteiger partial charge in [-0.25, -0.2) is 4.98 Å². The summed E-state index contributed by atoms with van der Waals surface area (Å²) in [5.74, 6) is 0.632. The molecule has 0 aliphatic carbocycles. The van der Waals surface area contributed by atoms with Gasteiger partial charge in [-0.3, -0.25) is 14.2 Å². The zero-order chi connectivity index (χ0) is 15.0. The number of fused-ring (bicyclic) bond motifs is 1. The van der Waals surface area contributed by atoms with E-state index in [1.165, 1.54) is 22.3 Å². The highest BCUT2D eigenvalue weighted by atomic mass is 32.1. The number of piperidine rings is 1. The molecule has 0 atom stereocenters. The van der Waals surface area contributed by atoms with E-state index in [1.54, 1.807) is 6.92 Å². The molecule has 6 heteroatoms. The summed E-state index contributed by atoms with van der Waals surface area (Å²) in [6.45, 7) is 5.46. The Morgan fingerprint density at radius 3 is 2.71 bits per heavy atom. The summed E-state index contributed by atoms with van der Waals surface area (Å²) >= 11 is 1.52. The van der Waals surface area contributed by atoms with Gasteiger partial charge in [-0.2, -0.15) is 0 Å². The molecule has 0 radical (unpaired) electrons. The van der Waals surface area contributed by atoms with Crippen molar-refractivity contribution in [1.82, 2.24) is 14.5 Å². The van der Waals surface area contributed by atoms with Gasteiger partial charge < -0.3 is 4.90 Å². The Morgan fingerprint density at radius 2 is 2.00 bits per heavy atom. The molecule has 21 heavy (non-hydrogen) atoms. The quantitative estimate of drug-likeness (QED) is 0.853. The van der Waals surface area contributed by atoms with Gasteiger partial charge in [0.05, 0.1) is 5.39 Å². The lowest BCUT2D eigenvalue weighted by atomic mass is 10.1. The van der Waals surface area contributed by atoms with Crippen LogP contribution in [0.1, 0.15) is 30.0 Å². The van der Waals surface area contributed by atoms with Gasteiger partial charge in [0.2, 0.25) is 5.91 Å². The molecule has 2 aromatic heterocycles. The fraction of sp³-hybridized carbons (Fsp3) is 0.533. The number of hydrogen-bond donors (Lipinski definition) is 0. The predicted octanol–water partition coefficient (Wildman–Crippen LogP) is 2.09. The lowest BCUT2D eigenvalue weighted by molar-refractivity contribution is -0.132. The van der Waals surface area contributed by atoms with Gasteiger partial charge in [0.25, 0.3) is 5.56 Å². The van der Waals surface area contributed by atoms with Gasteiger partial charge in [0, 0.05) is 18.0 Å². The minimum atomic E-state index is -0.104. The van der Waals surface area contributed by atoms with Crippen LogP contribution in [0.2, 0.25) is 0 Å². The Kier molecular flexibility index (Phi) is 3.80. The molecule has 0 spiro atoms. The van der Waals surface area contributed by atoms with E-state index in [0.29, 0.717) is 11.2 Å². The number of aryl methyl sites for hydroxylation is 2. The van der Waals surface area contributed by atoms with E-state index in [2.05, 4.69) is 4.98 Å². The first-order valence-corrected chi connectivity index (χ1v) is 8.13. The molecular weight excluding hydrogens is 286 g/mol. The van der Waals surface area contributed by atoms with Crippen LogP contribution in [0.25, 0.3) is 10.2 Å². The molecule has 1 aliphatic rings. The van der Waals surface area contributed by atoms with Crippen LogP contribution in [0.3, 0.4) is 0 Å². The van der Waals surface area contributed by atoms with Crippen molar-refractivity contribution in [3.8, 4) is 0 Å². The molecule has 0 N–H and O–H groups in total. The summed E-state index contributed by atoms with van der Waals surface area (Å²) in [5, 5.41) is 0.620. The second kappa shape index (κ2) is 5.60. The molecule has 1 amide bonds. The fourth-order valence-electron chi connectivity index (χ4n) is 2.80. The van der Waals surface area contributed by atoms with Crippen LogP contribution < -0.4 is 5.56 Å². The first-order valence-electron chi connectivity index (χ1n) is 7.31. The zero-order valence-electron chi connectivity index (χ0n) is 12.4. The summed E-state index contributed by atoms with van der Waals surface area (Å²) in [4.78, 5) is 33.0. The molecule has 1 fully saturated rings. The molecule has 0 bridgehead atoms. The molecular formula is C15H19N3O2S. The normalized spacial score (nSPS) is 15.6. The third-order valence-corrected chi connectivity index (χ3v) is 4.91. The Hall–Kier alpha value is -1.69. The van der Waals surface area contributed by atoms with E-state index < -0.39 is 0 Å². The van der Waals surface area contributed by atoms with E-state index in [0.717, 1.165) is 35.6 Å². The lowest BCUT2D eigenvalue weighted by Crippen LogP contribution is -2.40. The van der Waals surface area contributed by atoms with Crippen LogP contribution in [0.5, 0.6) is 0 Å². The molecule has 1 aliphatic heterocycles. The lowest BCUT2D eigenvalue weighted by Gasteiger charge is -2.27. The van der Waals surface area contributed by atoms with Crippen LogP contribution in [0, 0.1) is 13.8 Å². The first kappa shape index (κ1) is 14.3. The average molecular weight is 305 g/mol. The minimum Gasteiger partial charge on any atom is -0.341 e. The second-order valence-electron chi connectivity index (χ2n) is 5.57. The smallest absolute Gasteiger partial charge is 0.262 e. The maximum absolute atomic E-state index is 12.5. The Morgan fingerprint density at radius 1 is 1.29 bits per heavy atom. The Labute approximate surface area is 127 Å².